The topological polar surface area (TPSA) is 168 Å². The van der Waals surface area contributed by atoms with Crippen molar-refractivity contribution in [3.8, 4) is 11.6 Å². The van der Waals surface area contributed by atoms with Gasteiger partial charge >= 0.3 is 5.69 Å². The second-order valence-corrected chi connectivity index (χ2v) is 4.19. The van der Waals surface area contributed by atoms with E-state index in [2.05, 4.69) is 15.0 Å². The molecule has 0 fully saturated rings. The maximum absolute atomic E-state index is 10.9. The van der Waals surface area contributed by atoms with Crippen LogP contribution in [-0.2, 0) is 0 Å². The molecule has 1 aromatic carbocycles. The van der Waals surface area contributed by atoms with Crippen molar-refractivity contribution in [1.82, 2.24) is 4.98 Å². The van der Waals surface area contributed by atoms with Crippen molar-refractivity contribution in [2.75, 3.05) is 0 Å². The minimum Gasteiger partial charge on any atom is -0.434 e. The highest BCUT2D eigenvalue weighted by Gasteiger charge is 2.16. The van der Waals surface area contributed by atoms with Crippen LogP contribution in [0.15, 0.2) is 52.6 Å². The van der Waals surface area contributed by atoms with Gasteiger partial charge in [0.25, 0.3) is 5.88 Å². The van der Waals surface area contributed by atoms with Gasteiger partial charge in [-0.25, -0.2) is 9.98 Å². The molecule has 0 saturated carbocycles. The molecule has 0 amide bonds. The lowest BCUT2D eigenvalue weighted by Crippen LogP contribution is -2.26. The smallest absolute Gasteiger partial charge is 0.331 e. The van der Waals surface area contributed by atoms with Gasteiger partial charge in [0.15, 0.2) is 5.96 Å². The number of hydrogen-bond donors (Lipinski definition) is 3. The Morgan fingerprint density at radius 3 is 2.48 bits per heavy atom. The van der Waals surface area contributed by atoms with E-state index >= 15 is 0 Å². The largest absolute Gasteiger partial charge is 0.434 e. The minimum absolute atomic E-state index is 0.0981. The highest BCUT2D eigenvalue weighted by Crippen LogP contribution is 2.29. The maximum atomic E-state index is 10.9. The molecular formula is C13H13N7O3. The van der Waals surface area contributed by atoms with Crippen LogP contribution >= 0.6 is 0 Å². The fourth-order valence-corrected chi connectivity index (χ4v) is 1.59. The normalized spacial score (nSPS) is 10.9. The summed E-state index contributed by atoms with van der Waals surface area (Å²) in [7, 11) is 0. The summed E-state index contributed by atoms with van der Waals surface area (Å²) in [5.41, 5.74) is 16.1. The first-order chi connectivity index (χ1) is 11.0. The Morgan fingerprint density at radius 1 is 1.17 bits per heavy atom. The van der Waals surface area contributed by atoms with Crippen molar-refractivity contribution in [2.45, 2.75) is 0 Å². The number of nitrogens with two attached hydrogens (primary N) is 3. The van der Waals surface area contributed by atoms with E-state index in [4.69, 9.17) is 21.9 Å². The summed E-state index contributed by atoms with van der Waals surface area (Å²) < 4.78 is 5.40. The van der Waals surface area contributed by atoms with Gasteiger partial charge in [0.05, 0.1) is 10.6 Å². The van der Waals surface area contributed by atoms with Crippen LogP contribution in [0.25, 0.3) is 0 Å². The highest BCUT2D eigenvalue weighted by molar-refractivity contribution is 5.93. The Labute approximate surface area is 130 Å². The third-order valence-corrected chi connectivity index (χ3v) is 2.49. The summed E-state index contributed by atoms with van der Waals surface area (Å²) in [4.78, 5) is 21.7. The third-order valence-electron chi connectivity index (χ3n) is 2.49. The second-order valence-electron chi connectivity index (χ2n) is 4.19. The first kappa shape index (κ1) is 15.7. The van der Waals surface area contributed by atoms with E-state index in [-0.39, 0.29) is 23.5 Å². The van der Waals surface area contributed by atoms with E-state index in [1.165, 1.54) is 18.3 Å². The van der Waals surface area contributed by atoms with Gasteiger partial charge in [0, 0.05) is 12.3 Å². The molecule has 0 saturated heterocycles. The first-order valence-corrected chi connectivity index (χ1v) is 6.27. The SMILES string of the molecule is NC(N)=NC(N)=Nc1ccc(Oc2ncccc2[N+](=O)[O-])cc1. The Morgan fingerprint density at radius 2 is 1.87 bits per heavy atom. The zero-order valence-electron chi connectivity index (χ0n) is 11.8. The average Bonchev–Trinajstić information content (AvgIpc) is 2.48. The van der Waals surface area contributed by atoms with Crippen molar-refractivity contribution in [2.24, 2.45) is 27.2 Å². The van der Waals surface area contributed by atoms with Gasteiger partial charge in [-0.2, -0.15) is 4.99 Å². The van der Waals surface area contributed by atoms with Crippen molar-refractivity contribution in [1.29, 1.82) is 0 Å². The zero-order valence-corrected chi connectivity index (χ0v) is 11.8. The summed E-state index contributed by atoms with van der Waals surface area (Å²) in [6, 6.07) is 9.03. The summed E-state index contributed by atoms with van der Waals surface area (Å²) >= 11 is 0. The summed E-state index contributed by atoms with van der Waals surface area (Å²) in [5, 5.41) is 10.9. The molecule has 23 heavy (non-hydrogen) atoms. The minimum atomic E-state index is -0.572. The van der Waals surface area contributed by atoms with Crippen molar-refractivity contribution >= 4 is 23.3 Å². The molecule has 0 atom stereocenters. The monoisotopic (exact) mass is 315 g/mol. The number of pyridine rings is 1. The third kappa shape index (κ3) is 4.39. The molecule has 0 aliphatic rings. The molecule has 2 rings (SSSR count). The van der Waals surface area contributed by atoms with Gasteiger partial charge in [0.2, 0.25) is 5.96 Å². The van der Waals surface area contributed by atoms with Crippen molar-refractivity contribution < 1.29 is 9.66 Å². The Balaban J connectivity index is 2.18. The predicted octanol–water partition coefficient (Wildman–Crippen LogP) is 1.00. The number of benzene rings is 1. The molecular weight excluding hydrogens is 302 g/mol. The van der Waals surface area contributed by atoms with Gasteiger partial charge in [-0.1, -0.05) is 0 Å². The quantitative estimate of drug-likeness (QED) is 0.327. The number of nitro groups is 1. The average molecular weight is 315 g/mol. The van der Waals surface area contributed by atoms with Crippen LogP contribution in [-0.4, -0.2) is 21.8 Å². The first-order valence-electron chi connectivity index (χ1n) is 6.27. The molecule has 6 N–H and O–H groups in total. The van der Waals surface area contributed by atoms with Crippen LogP contribution in [0, 0.1) is 10.1 Å². The van der Waals surface area contributed by atoms with E-state index in [9.17, 15) is 10.1 Å². The van der Waals surface area contributed by atoms with E-state index in [1.807, 2.05) is 0 Å². The number of guanidine groups is 2. The van der Waals surface area contributed by atoms with Crippen LogP contribution < -0.4 is 21.9 Å². The number of nitrogens with zero attached hydrogens (tertiary/aromatic N) is 4. The molecule has 0 radical (unpaired) electrons. The maximum Gasteiger partial charge on any atom is 0.331 e. The van der Waals surface area contributed by atoms with Crippen molar-refractivity contribution in [3.63, 3.8) is 0 Å². The Hall–Kier alpha value is -3.69. The van der Waals surface area contributed by atoms with Crippen LogP contribution in [0.2, 0.25) is 0 Å². The Kier molecular flexibility index (Phi) is 4.67. The van der Waals surface area contributed by atoms with E-state index in [0.29, 0.717) is 11.4 Å². The summed E-state index contributed by atoms with van der Waals surface area (Å²) in [5.74, 6) is -0.0485. The predicted molar refractivity (Wildman–Crippen MR) is 84.5 cm³/mol. The molecule has 10 heteroatoms. The zero-order chi connectivity index (χ0) is 16.8. The lowest BCUT2D eigenvalue weighted by molar-refractivity contribution is -0.386. The van der Waals surface area contributed by atoms with Crippen LogP contribution in [0.5, 0.6) is 11.6 Å². The van der Waals surface area contributed by atoms with Gasteiger partial charge in [0.1, 0.15) is 5.75 Å². The van der Waals surface area contributed by atoms with Gasteiger partial charge in [-0.3, -0.25) is 10.1 Å². The number of ether oxygens (including phenoxy) is 1. The molecule has 0 spiro atoms. The molecule has 1 aromatic heterocycles. The number of aromatic nitrogens is 1. The molecule has 118 valence electrons. The van der Waals surface area contributed by atoms with Gasteiger partial charge < -0.3 is 21.9 Å². The number of aliphatic imine (C=N–C) groups is 2. The lowest BCUT2D eigenvalue weighted by atomic mass is 10.3. The molecule has 1 heterocycles. The Bertz CT molecular complexity index is 767. The molecule has 0 unspecified atom stereocenters. The molecule has 2 aromatic rings. The van der Waals surface area contributed by atoms with Crippen LogP contribution in [0.4, 0.5) is 11.4 Å². The summed E-state index contributed by atoms with van der Waals surface area (Å²) in [6.07, 6.45) is 1.40. The highest BCUT2D eigenvalue weighted by atomic mass is 16.6. The molecule has 0 aliphatic heterocycles. The van der Waals surface area contributed by atoms with E-state index in [0.717, 1.165) is 0 Å². The molecule has 0 aliphatic carbocycles. The van der Waals surface area contributed by atoms with Gasteiger partial charge in [-0.05, 0) is 30.3 Å². The van der Waals surface area contributed by atoms with Gasteiger partial charge in [-0.15, -0.1) is 0 Å². The fourth-order valence-electron chi connectivity index (χ4n) is 1.59. The molecule has 0 bridgehead atoms. The number of rotatable bonds is 4. The van der Waals surface area contributed by atoms with E-state index < -0.39 is 4.92 Å². The van der Waals surface area contributed by atoms with Crippen LogP contribution in [0.1, 0.15) is 0 Å². The van der Waals surface area contributed by atoms with Crippen LogP contribution in [0.3, 0.4) is 0 Å². The number of hydrogen-bond acceptors (Lipinski definition) is 5. The van der Waals surface area contributed by atoms with E-state index in [1.54, 1.807) is 24.3 Å². The summed E-state index contributed by atoms with van der Waals surface area (Å²) in [6.45, 7) is 0. The lowest BCUT2D eigenvalue weighted by Gasteiger charge is -2.05. The molecule has 10 nitrogen and oxygen atoms in total. The van der Waals surface area contributed by atoms with Crippen molar-refractivity contribution in [3.05, 3.63) is 52.7 Å². The fraction of sp³-hybridized carbons (Fsp3) is 0. The second kappa shape index (κ2) is 6.85. The standard InChI is InChI=1S/C13H13N7O3/c14-12(15)19-13(16)18-8-3-5-9(6-4-8)23-11-10(20(21)22)2-1-7-17-11/h1-7H,(H6,14,15,16,18,19).